The van der Waals surface area contributed by atoms with Crippen LogP contribution in [-0.4, -0.2) is 41.3 Å². The minimum Gasteiger partial charge on any atom is -0.357 e. The molecule has 1 aromatic heterocycles. The van der Waals surface area contributed by atoms with Crippen molar-refractivity contribution in [2.24, 2.45) is 0 Å². The molecule has 2 amide bonds. The molecular weight excluding hydrogens is 237 g/mol. The Labute approximate surface area is 104 Å². The highest BCUT2D eigenvalue weighted by atomic mass is 19.1. The molecule has 0 saturated carbocycles. The minimum absolute atomic E-state index is 0.170. The van der Waals surface area contributed by atoms with Crippen molar-refractivity contribution in [3.8, 4) is 0 Å². The van der Waals surface area contributed by atoms with Crippen LogP contribution in [-0.2, 0) is 4.79 Å². The number of halogens is 1. The minimum atomic E-state index is -0.629. The van der Waals surface area contributed by atoms with Crippen molar-refractivity contribution in [1.82, 2.24) is 15.2 Å². The molecule has 0 aliphatic carbocycles. The van der Waals surface area contributed by atoms with Crippen LogP contribution in [0, 0.1) is 5.95 Å². The maximum absolute atomic E-state index is 12.7. The topological polar surface area (TPSA) is 62.3 Å². The summed E-state index contributed by atoms with van der Waals surface area (Å²) in [4.78, 5) is 28.8. The van der Waals surface area contributed by atoms with Gasteiger partial charge in [0.05, 0.1) is 5.56 Å². The van der Waals surface area contributed by atoms with E-state index in [1.165, 1.54) is 17.2 Å². The van der Waals surface area contributed by atoms with Crippen molar-refractivity contribution in [3.63, 3.8) is 0 Å². The van der Waals surface area contributed by atoms with Gasteiger partial charge in [-0.15, -0.1) is 0 Å². The largest absolute Gasteiger partial charge is 0.357 e. The van der Waals surface area contributed by atoms with Gasteiger partial charge in [-0.05, 0) is 25.0 Å². The van der Waals surface area contributed by atoms with Crippen molar-refractivity contribution in [1.29, 1.82) is 0 Å². The first-order valence-electron chi connectivity index (χ1n) is 5.77. The van der Waals surface area contributed by atoms with Crippen LogP contribution in [0.1, 0.15) is 23.2 Å². The summed E-state index contributed by atoms with van der Waals surface area (Å²) < 4.78 is 12.7. The van der Waals surface area contributed by atoms with Gasteiger partial charge in [0.1, 0.15) is 6.04 Å². The molecule has 1 atom stereocenters. The maximum atomic E-state index is 12.7. The summed E-state index contributed by atoms with van der Waals surface area (Å²) >= 11 is 0. The molecule has 0 bridgehead atoms. The molecule has 2 rings (SSSR count). The van der Waals surface area contributed by atoms with Gasteiger partial charge in [0.2, 0.25) is 11.9 Å². The van der Waals surface area contributed by atoms with Gasteiger partial charge in [0.15, 0.2) is 0 Å². The molecule has 0 aromatic carbocycles. The number of hydrogen-bond acceptors (Lipinski definition) is 3. The van der Waals surface area contributed by atoms with E-state index < -0.39 is 12.0 Å². The lowest BCUT2D eigenvalue weighted by Gasteiger charge is -2.23. The second-order valence-corrected chi connectivity index (χ2v) is 4.14. The lowest BCUT2D eigenvalue weighted by Crippen LogP contribution is -2.44. The van der Waals surface area contributed by atoms with Gasteiger partial charge in [-0.1, -0.05) is 0 Å². The number of aromatic nitrogens is 1. The number of likely N-dealkylation sites (tertiary alicyclic amines) is 1. The summed E-state index contributed by atoms with van der Waals surface area (Å²) in [6, 6.07) is 2.08. The normalized spacial score (nSPS) is 18.8. The Bertz CT molecular complexity index is 461. The van der Waals surface area contributed by atoms with Crippen LogP contribution in [0.3, 0.4) is 0 Å². The van der Waals surface area contributed by atoms with E-state index in [1.54, 1.807) is 7.05 Å². The van der Waals surface area contributed by atoms with Crippen molar-refractivity contribution in [2.75, 3.05) is 13.6 Å². The molecule has 18 heavy (non-hydrogen) atoms. The first-order valence-corrected chi connectivity index (χ1v) is 5.77. The highest BCUT2D eigenvalue weighted by Crippen LogP contribution is 2.20. The van der Waals surface area contributed by atoms with Gasteiger partial charge in [-0.2, -0.15) is 4.39 Å². The van der Waals surface area contributed by atoms with Crippen molar-refractivity contribution in [3.05, 3.63) is 29.8 Å². The maximum Gasteiger partial charge on any atom is 0.256 e. The number of likely N-dealkylation sites (N-methyl/N-ethyl adjacent to an activating group) is 1. The number of nitrogens with zero attached hydrogens (tertiary/aromatic N) is 2. The molecule has 1 aliphatic rings. The number of rotatable bonds is 2. The van der Waals surface area contributed by atoms with E-state index in [-0.39, 0.29) is 11.8 Å². The Hall–Kier alpha value is -1.98. The highest BCUT2D eigenvalue weighted by molar-refractivity contribution is 5.97. The smallest absolute Gasteiger partial charge is 0.256 e. The summed E-state index contributed by atoms with van der Waals surface area (Å²) in [5.74, 6) is -1.08. The second kappa shape index (κ2) is 5.12. The number of amides is 2. The van der Waals surface area contributed by atoms with Crippen molar-refractivity contribution < 1.29 is 14.0 Å². The van der Waals surface area contributed by atoms with Gasteiger partial charge in [0, 0.05) is 19.8 Å². The Balaban J connectivity index is 2.17. The molecule has 0 radical (unpaired) electrons. The predicted molar refractivity (Wildman–Crippen MR) is 62.3 cm³/mol. The Morgan fingerprint density at radius 3 is 2.89 bits per heavy atom. The quantitative estimate of drug-likeness (QED) is 0.782. The number of nitrogens with one attached hydrogen (secondary N) is 1. The Kier molecular flexibility index (Phi) is 3.55. The van der Waals surface area contributed by atoms with E-state index in [0.29, 0.717) is 18.5 Å². The van der Waals surface area contributed by atoms with Gasteiger partial charge in [-0.25, -0.2) is 4.98 Å². The van der Waals surface area contributed by atoms with Crippen LogP contribution < -0.4 is 5.32 Å². The number of carbonyl (C=O) groups is 2. The van der Waals surface area contributed by atoms with Gasteiger partial charge < -0.3 is 10.2 Å². The lowest BCUT2D eigenvalue weighted by molar-refractivity contribution is -0.124. The molecule has 2 heterocycles. The number of carbonyl (C=O) groups excluding carboxylic acids is 2. The Morgan fingerprint density at radius 1 is 1.50 bits per heavy atom. The van der Waals surface area contributed by atoms with Gasteiger partial charge in [-0.3, -0.25) is 9.59 Å². The molecule has 96 valence electrons. The van der Waals surface area contributed by atoms with E-state index in [0.717, 1.165) is 12.5 Å². The van der Waals surface area contributed by atoms with E-state index >= 15 is 0 Å². The average Bonchev–Trinajstić information content (AvgIpc) is 2.87. The molecule has 1 unspecified atom stereocenters. The molecular formula is C12H14FN3O2. The zero-order chi connectivity index (χ0) is 13.1. The first kappa shape index (κ1) is 12.5. The SMILES string of the molecule is CNC(=O)C1CCCN1C(=O)c1ccc(F)nc1. The second-order valence-electron chi connectivity index (χ2n) is 4.14. The van der Waals surface area contributed by atoms with Crippen LogP contribution in [0.4, 0.5) is 4.39 Å². The summed E-state index contributed by atoms with van der Waals surface area (Å²) in [6.07, 6.45) is 2.63. The zero-order valence-corrected chi connectivity index (χ0v) is 10.0. The van der Waals surface area contributed by atoms with Crippen LogP contribution in [0.5, 0.6) is 0 Å². The fourth-order valence-electron chi connectivity index (χ4n) is 2.12. The molecule has 1 aliphatic heterocycles. The van der Waals surface area contributed by atoms with Crippen LogP contribution >= 0.6 is 0 Å². The third-order valence-corrected chi connectivity index (χ3v) is 3.04. The number of pyridine rings is 1. The fraction of sp³-hybridized carbons (Fsp3) is 0.417. The molecule has 1 aromatic rings. The molecule has 5 nitrogen and oxygen atoms in total. The highest BCUT2D eigenvalue weighted by Gasteiger charge is 2.33. The van der Waals surface area contributed by atoms with E-state index in [2.05, 4.69) is 10.3 Å². The Morgan fingerprint density at radius 2 is 2.28 bits per heavy atom. The van der Waals surface area contributed by atoms with Crippen LogP contribution in [0.2, 0.25) is 0 Å². The summed E-state index contributed by atoms with van der Waals surface area (Å²) in [7, 11) is 1.54. The zero-order valence-electron chi connectivity index (χ0n) is 10.0. The predicted octanol–water partition coefficient (Wildman–Crippen LogP) is 0.571. The summed E-state index contributed by atoms with van der Waals surface area (Å²) in [6.45, 7) is 0.536. The van der Waals surface area contributed by atoms with Crippen LogP contribution in [0.15, 0.2) is 18.3 Å². The third kappa shape index (κ3) is 2.32. The van der Waals surface area contributed by atoms with E-state index in [4.69, 9.17) is 0 Å². The van der Waals surface area contributed by atoms with Crippen molar-refractivity contribution >= 4 is 11.8 Å². The van der Waals surface area contributed by atoms with Crippen molar-refractivity contribution in [2.45, 2.75) is 18.9 Å². The van der Waals surface area contributed by atoms with E-state index in [1.807, 2.05) is 0 Å². The lowest BCUT2D eigenvalue weighted by atomic mass is 10.2. The molecule has 1 N–H and O–H groups in total. The van der Waals surface area contributed by atoms with E-state index in [9.17, 15) is 14.0 Å². The molecule has 6 heteroatoms. The molecule has 0 spiro atoms. The van der Waals surface area contributed by atoms with Gasteiger partial charge in [0.25, 0.3) is 5.91 Å². The number of hydrogen-bond donors (Lipinski definition) is 1. The summed E-state index contributed by atoms with van der Waals surface area (Å²) in [5, 5.41) is 2.54. The third-order valence-electron chi connectivity index (χ3n) is 3.04. The monoisotopic (exact) mass is 251 g/mol. The average molecular weight is 251 g/mol. The first-order chi connectivity index (χ1) is 8.63. The standard InChI is InChI=1S/C12H14FN3O2/c1-14-11(17)9-3-2-6-16(9)12(18)8-4-5-10(13)15-7-8/h4-5,7,9H,2-3,6H2,1H3,(H,14,17). The van der Waals surface area contributed by atoms with Gasteiger partial charge >= 0.3 is 0 Å². The summed E-state index contributed by atoms with van der Waals surface area (Å²) in [5.41, 5.74) is 0.298. The van der Waals surface area contributed by atoms with Crippen LogP contribution in [0.25, 0.3) is 0 Å². The molecule has 1 fully saturated rings. The molecule has 1 saturated heterocycles. The fourth-order valence-corrected chi connectivity index (χ4v) is 2.12.